The molecule has 0 radical (unpaired) electrons. The van der Waals surface area contributed by atoms with Crippen molar-refractivity contribution in [3.05, 3.63) is 0 Å². The Morgan fingerprint density at radius 3 is 2.35 bits per heavy atom. The van der Waals surface area contributed by atoms with Gasteiger partial charge in [-0.25, -0.2) is 0 Å². The lowest BCUT2D eigenvalue weighted by molar-refractivity contribution is -0.174. The predicted molar refractivity (Wildman–Crippen MR) is 63.0 cm³/mol. The van der Waals surface area contributed by atoms with Gasteiger partial charge in [0.15, 0.2) is 0 Å². The summed E-state index contributed by atoms with van der Waals surface area (Å²) in [7, 11) is 0. The zero-order valence-corrected chi connectivity index (χ0v) is 10.9. The number of ether oxygens (including phenoxy) is 1. The molecule has 0 fully saturated rings. The molecule has 0 aromatic carbocycles. The van der Waals surface area contributed by atoms with Gasteiger partial charge < -0.3 is 10.1 Å². The van der Waals surface area contributed by atoms with Crippen molar-refractivity contribution in [3.63, 3.8) is 0 Å². The van der Waals surface area contributed by atoms with Crippen molar-refractivity contribution in [2.75, 3.05) is 19.8 Å². The van der Waals surface area contributed by atoms with Gasteiger partial charge in [0.1, 0.15) is 6.61 Å². The van der Waals surface area contributed by atoms with Crippen molar-refractivity contribution in [3.8, 4) is 0 Å². The molecule has 0 aliphatic carbocycles. The second-order valence-electron chi connectivity index (χ2n) is 4.46. The lowest BCUT2D eigenvalue weighted by Crippen LogP contribution is -2.32. The minimum Gasteiger partial charge on any atom is -0.372 e. The quantitative estimate of drug-likeness (QED) is 0.638. The van der Waals surface area contributed by atoms with Gasteiger partial charge >= 0.3 is 6.18 Å². The molecule has 0 heterocycles. The van der Waals surface area contributed by atoms with Crippen LogP contribution in [0.2, 0.25) is 0 Å². The summed E-state index contributed by atoms with van der Waals surface area (Å²) in [5.41, 5.74) is 0. The molecule has 0 aromatic rings. The maximum absolute atomic E-state index is 11.9. The molecule has 0 aliphatic rings. The molecule has 104 valence electrons. The molecule has 0 rings (SSSR count). The molecule has 2 atom stereocenters. The van der Waals surface area contributed by atoms with E-state index in [2.05, 4.69) is 23.9 Å². The van der Waals surface area contributed by atoms with Crippen LogP contribution in [-0.4, -0.2) is 32.0 Å². The zero-order valence-electron chi connectivity index (χ0n) is 10.9. The maximum atomic E-state index is 11.9. The summed E-state index contributed by atoms with van der Waals surface area (Å²) in [6.07, 6.45) is -1.51. The first-order valence-electron chi connectivity index (χ1n) is 6.26. The highest BCUT2D eigenvalue weighted by Crippen LogP contribution is 2.16. The van der Waals surface area contributed by atoms with Crippen molar-refractivity contribution in [1.82, 2.24) is 5.32 Å². The monoisotopic (exact) mass is 255 g/mol. The van der Waals surface area contributed by atoms with Gasteiger partial charge in [0.05, 0.1) is 0 Å². The largest absolute Gasteiger partial charge is 0.411 e. The van der Waals surface area contributed by atoms with Gasteiger partial charge in [0, 0.05) is 12.6 Å². The Kier molecular flexibility index (Phi) is 8.60. The molecule has 17 heavy (non-hydrogen) atoms. The lowest BCUT2D eigenvalue weighted by atomic mass is 9.97. The third-order valence-electron chi connectivity index (χ3n) is 2.75. The summed E-state index contributed by atoms with van der Waals surface area (Å²) in [6.45, 7) is 6.12. The number of hydrogen-bond donors (Lipinski definition) is 1. The minimum atomic E-state index is -4.22. The highest BCUT2D eigenvalue weighted by atomic mass is 19.4. The van der Waals surface area contributed by atoms with E-state index >= 15 is 0 Å². The Bertz CT molecular complexity index is 185. The summed E-state index contributed by atoms with van der Waals surface area (Å²) in [6, 6.07) is 0.253. The fourth-order valence-corrected chi connectivity index (χ4v) is 1.66. The molecule has 2 unspecified atom stereocenters. The topological polar surface area (TPSA) is 21.3 Å². The average Bonchev–Trinajstić information content (AvgIpc) is 2.23. The fourth-order valence-electron chi connectivity index (χ4n) is 1.66. The van der Waals surface area contributed by atoms with Crippen LogP contribution in [0.15, 0.2) is 0 Å². The van der Waals surface area contributed by atoms with Crippen molar-refractivity contribution in [2.24, 2.45) is 5.92 Å². The molecule has 5 heteroatoms. The van der Waals surface area contributed by atoms with Crippen LogP contribution in [0.25, 0.3) is 0 Å². The van der Waals surface area contributed by atoms with Crippen LogP contribution in [0.3, 0.4) is 0 Å². The third kappa shape index (κ3) is 10.6. The van der Waals surface area contributed by atoms with Crippen molar-refractivity contribution < 1.29 is 17.9 Å². The van der Waals surface area contributed by atoms with Crippen LogP contribution in [0, 0.1) is 5.92 Å². The highest BCUT2D eigenvalue weighted by molar-refractivity contribution is 4.69. The van der Waals surface area contributed by atoms with E-state index in [4.69, 9.17) is 0 Å². The van der Waals surface area contributed by atoms with E-state index < -0.39 is 12.8 Å². The maximum Gasteiger partial charge on any atom is 0.411 e. The third-order valence-corrected chi connectivity index (χ3v) is 2.75. The molecule has 0 saturated carbocycles. The summed E-state index contributed by atoms with van der Waals surface area (Å²) >= 11 is 0. The van der Waals surface area contributed by atoms with Gasteiger partial charge in [-0.05, 0) is 25.3 Å². The number of rotatable bonds is 9. The molecule has 2 nitrogen and oxygen atoms in total. The van der Waals surface area contributed by atoms with Crippen LogP contribution in [0.1, 0.15) is 40.0 Å². The Hall–Kier alpha value is -0.290. The summed E-state index contributed by atoms with van der Waals surface area (Å²) in [5.74, 6) is 0.585. The number of alkyl halides is 3. The first-order chi connectivity index (χ1) is 7.89. The van der Waals surface area contributed by atoms with Crippen LogP contribution < -0.4 is 5.32 Å². The smallest absolute Gasteiger partial charge is 0.372 e. The Morgan fingerprint density at radius 2 is 1.88 bits per heavy atom. The molecule has 1 N–H and O–H groups in total. The molecular weight excluding hydrogens is 231 g/mol. The van der Waals surface area contributed by atoms with Gasteiger partial charge in [-0.2, -0.15) is 13.2 Å². The Labute approximate surface area is 102 Å². The van der Waals surface area contributed by atoms with E-state index in [1.807, 2.05) is 6.92 Å². The Morgan fingerprint density at radius 1 is 1.24 bits per heavy atom. The van der Waals surface area contributed by atoms with Gasteiger partial charge in [0.25, 0.3) is 0 Å². The first-order valence-corrected chi connectivity index (χ1v) is 6.26. The average molecular weight is 255 g/mol. The molecule has 0 aromatic heterocycles. The van der Waals surface area contributed by atoms with Gasteiger partial charge in [-0.1, -0.05) is 27.2 Å². The molecule has 0 saturated heterocycles. The first kappa shape index (κ1) is 16.7. The van der Waals surface area contributed by atoms with E-state index in [0.29, 0.717) is 12.3 Å². The number of nitrogens with one attached hydrogen (secondary N) is 1. The normalized spacial score (nSPS) is 15.9. The minimum absolute atomic E-state index is 0.160. The SMILES string of the molecule is CCNC(CCOCC(F)(F)F)CC(C)CC. The number of hydrogen-bond acceptors (Lipinski definition) is 2. The Balaban J connectivity index is 3.77. The van der Waals surface area contributed by atoms with Crippen LogP contribution in [0.4, 0.5) is 13.2 Å². The molecule has 0 amide bonds. The van der Waals surface area contributed by atoms with E-state index in [9.17, 15) is 13.2 Å². The number of halogens is 3. The summed E-state index contributed by atoms with van der Waals surface area (Å²) in [4.78, 5) is 0. The van der Waals surface area contributed by atoms with E-state index in [-0.39, 0.29) is 12.6 Å². The van der Waals surface area contributed by atoms with E-state index in [0.717, 1.165) is 19.4 Å². The van der Waals surface area contributed by atoms with Gasteiger partial charge in [-0.15, -0.1) is 0 Å². The second-order valence-corrected chi connectivity index (χ2v) is 4.46. The van der Waals surface area contributed by atoms with Gasteiger partial charge in [-0.3, -0.25) is 0 Å². The van der Waals surface area contributed by atoms with E-state index in [1.165, 1.54) is 0 Å². The lowest BCUT2D eigenvalue weighted by Gasteiger charge is -2.21. The highest BCUT2D eigenvalue weighted by Gasteiger charge is 2.27. The molecule has 0 spiro atoms. The van der Waals surface area contributed by atoms with Crippen LogP contribution in [-0.2, 0) is 4.74 Å². The second kappa shape index (κ2) is 8.75. The summed E-state index contributed by atoms with van der Waals surface area (Å²) in [5, 5.41) is 3.28. The molecular formula is C12H24F3NO. The van der Waals surface area contributed by atoms with Crippen molar-refractivity contribution in [1.29, 1.82) is 0 Å². The van der Waals surface area contributed by atoms with E-state index in [1.54, 1.807) is 0 Å². The molecule has 0 bridgehead atoms. The van der Waals surface area contributed by atoms with Crippen molar-refractivity contribution >= 4 is 0 Å². The van der Waals surface area contributed by atoms with Crippen LogP contribution >= 0.6 is 0 Å². The predicted octanol–water partition coefficient (Wildman–Crippen LogP) is 3.37. The van der Waals surface area contributed by atoms with Crippen molar-refractivity contribution in [2.45, 2.75) is 52.3 Å². The molecule has 0 aliphatic heterocycles. The fraction of sp³-hybridized carbons (Fsp3) is 1.00. The van der Waals surface area contributed by atoms with Crippen LogP contribution in [0.5, 0.6) is 0 Å². The zero-order chi connectivity index (χ0) is 13.3. The standard InChI is InChI=1S/C12H24F3NO/c1-4-10(3)8-11(16-5-2)6-7-17-9-12(13,14)15/h10-11,16H,4-9H2,1-3H3. The summed E-state index contributed by atoms with van der Waals surface area (Å²) < 4.78 is 40.2. The van der Waals surface area contributed by atoms with Gasteiger partial charge in [0.2, 0.25) is 0 Å².